The Hall–Kier alpha value is -3.36. The molecular formula is C21H19F3N4O2. The highest BCUT2D eigenvalue weighted by atomic mass is 19.4. The minimum Gasteiger partial charge on any atom is -0.481 e. The smallest absolute Gasteiger partial charge is 0.416 e. The summed E-state index contributed by atoms with van der Waals surface area (Å²) in [5.74, 6) is 1.33. The summed E-state index contributed by atoms with van der Waals surface area (Å²) in [5, 5.41) is 3.83. The number of halogens is 3. The Kier molecular flexibility index (Phi) is 4.76. The molecule has 2 aromatic carbocycles. The number of likely N-dealkylation sites (N-methyl/N-ethyl adjacent to an activating group) is 1. The molecule has 4 rings (SSSR count). The Morgan fingerprint density at radius 2 is 1.97 bits per heavy atom. The fraction of sp³-hybridized carbons (Fsp3) is 0.286. The third-order valence-electron chi connectivity index (χ3n) is 5.04. The van der Waals surface area contributed by atoms with Crippen molar-refractivity contribution < 1.29 is 22.7 Å². The SMILES string of the molecule is Cc1nc(N[C@H](C)c2cccc(C(F)(F)F)c2)c2cc3c(cc2n1)OCC(=O)N3C. The normalized spacial score (nSPS) is 15.0. The molecule has 9 heteroatoms. The zero-order chi connectivity index (χ0) is 21.6. The average Bonchev–Trinajstić information content (AvgIpc) is 2.69. The minimum absolute atomic E-state index is 0.0449. The molecule has 1 amide bonds. The predicted octanol–water partition coefficient (Wildman–Crippen LogP) is 4.49. The molecule has 0 radical (unpaired) electrons. The monoisotopic (exact) mass is 416 g/mol. The first-order chi connectivity index (χ1) is 14.1. The summed E-state index contributed by atoms with van der Waals surface area (Å²) >= 11 is 0. The van der Waals surface area contributed by atoms with E-state index in [-0.39, 0.29) is 12.5 Å². The van der Waals surface area contributed by atoms with E-state index >= 15 is 0 Å². The molecule has 0 saturated heterocycles. The van der Waals surface area contributed by atoms with Gasteiger partial charge in [0.25, 0.3) is 5.91 Å². The number of hydrogen-bond donors (Lipinski definition) is 1. The van der Waals surface area contributed by atoms with Crippen molar-refractivity contribution in [3.05, 3.63) is 53.3 Å². The fourth-order valence-corrected chi connectivity index (χ4v) is 3.39. The van der Waals surface area contributed by atoms with Gasteiger partial charge in [-0.05, 0) is 37.6 Å². The van der Waals surface area contributed by atoms with Gasteiger partial charge in [-0.2, -0.15) is 13.2 Å². The lowest BCUT2D eigenvalue weighted by Crippen LogP contribution is -2.35. The second-order valence-corrected chi connectivity index (χ2v) is 7.19. The third-order valence-corrected chi connectivity index (χ3v) is 5.04. The molecule has 3 aromatic rings. The fourth-order valence-electron chi connectivity index (χ4n) is 3.39. The zero-order valence-electron chi connectivity index (χ0n) is 16.5. The second kappa shape index (κ2) is 7.16. The number of amides is 1. The van der Waals surface area contributed by atoms with E-state index in [1.807, 2.05) is 0 Å². The predicted molar refractivity (Wildman–Crippen MR) is 107 cm³/mol. The molecule has 0 spiro atoms. The van der Waals surface area contributed by atoms with Crippen molar-refractivity contribution in [1.29, 1.82) is 0 Å². The topological polar surface area (TPSA) is 67.4 Å². The largest absolute Gasteiger partial charge is 0.481 e. The van der Waals surface area contributed by atoms with Crippen molar-refractivity contribution in [3.63, 3.8) is 0 Å². The van der Waals surface area contributed by atoms with Crippen LogP contribution in [0.1, 0.15) is 29.9 Å². The van der Waals surface area contributed by atoms with E-state index in [1.54, 1.807) is 39.1 Å². The van der Waals surface area contributed by atoms with Gasteiger partial charge in [0.1, 0.15) is 17.4 Å². The number of nitrogens with zero attached hydrogens (tertiary/aromatic N) is 3. The number of carbonyl (C=O) groups excluding carboxylic acids is 1. The lowest BCUT2D eigenvalue weighted by atomic mass is 10.0. The number of alkyl halides is 3. The quantitative estimate of drug-likeness (QED) is 0.682. The van der Waals surface area contributed by atoms with Gasteiger partial charge in [0, 0.05) is 24.5 Å². The molecule has 6 nitrogen and oxygen atoms in total. The first-order valence-electron chi connectivity index (χ1n) is 9.29. The van der Waals surface area contributed by atoms with E-state index in [2.05, 4.69) is 15.3 Å². The lowest BCUT2D eigenvalue weighted by Gasteiger charge is -2.26. The van der Waals surface area contributed by atoms with Gasteiger partial charge in [0.15, 0.2) is 6.61 Å². The molecule has 1 N–H and O–H groups in total. The van der Waals surface area contributed by atoms with E-state index < -0.39 is 17.8 Å². The van der Waals surface area contributed by atoms with Crippen LogP contribution in [0.25, 0.3) is 10.9 Å². The van der Waals surface area contributed by atoms with Crippen molar-refractivity contribution in [3.8, 4) is 5.75 Å². The number of fused-ring (bicyclic) bond motifs is 2. The van der Waals surface area contributed by atoms with Crippen molar-refractivity contribution in [2.45, 2.75) is 26.1 Å². The molecule has 0 fully saturated rings. The van der Waals surface area contributed by atoms with Gasteiger partial charge >= 0.3 is 6.18 Å². The molecule has 0 saturated carbocycles. The molecule has 1 aliphatic rings. The lowest BCUT2D eigenvalue weighted by molar-refractivity contribution is -0.137. The van der Waals surface area contributed by atoms with E-state index in [9.17, 15) is 18.0 Å². The van der Waals surface area contributed by atoms with Crippen LogP contribution in [0.15, 0.2) is 36.4 Å². The summed E-state index contributed by atoms with van der Waals surface area (Å²) in [6.07, 6.45) is -4.41. The summed E-state index contributed by atoms with van der Waals surface area (Å²) in [5.41, 5.74) is 0.968. The maximum absolute atomic E-state index is 13.1. The van der Waals surface area contributed by atoms with E-state index in [0.29, 0.717) is 39.5 Å². The number of anilines is 2. The summed E-state index contributed by atoms with van der Waals surface area (Å²) in [6.45, 7) is 3.45. The molecule has 1 atom stereocenters. The Bertz CT molecular complexity index is 1150. The Labute approximate surface area is 170 Å². The number of nitrogens with one attached hydrogen (secondary N) is 1. The zero-order valence-corrected chi connectivity index (χ0v) is 16.5. The van der Waals surface area contributed by atoms with Gasteiger partial charge in [-0.25, -0.2) is 9.97 Å². The van der Waals surface area contributed by atoms with E-state index in [1.165, 1.54) is 11.0 Å². The van der Waals surface area contributed by atoms with Crippen LogP contribution in [0.5, 0.6) is 5.75 Å². The summed E-state index contributed by atoms with van der Waals surface area (Å²) in [6, 6.07) is 8.22. The summed E-state index contributed by atoms with van der Waals surface area (Å²) < 4.78 is 44.7. The highest BCUT2D eigenvalue weighted by Crippen LogP contribution is 2.38. The minimum atomic E-state index is -4.41. The van der Waals surface area contributed by atoms with Crippen LogP contribution < -0.4 is 15.0 Å². The Morgan fingerprint density at radius 1 is 1.20 bits per heavy atom. The van der Waals surface area contributed by atoms with Crippen LogP contribution >= 0.6 is 0 Å². The first-order valence-corrected chi connectivity index (χ1v) is 9.29. The van der Waals surface area contributed by atoms with E-state index in [0.717, 1.165) is 12.1 Å². The summed E-state index contributed by atoms with van der Waals surface area (Å²) in [7, 11) is 1.66. The molecule has 2 heterocycles. The number of aromatic nitrogens is 2. The molecule has 1 aromatic heterocycles. The number of aryl methyl sites for hydroxylation is 1. The van der Waals surface area contributed by atoms with Crippen LogP contribution in [-0.2, 0) is 11.0 Å². The van der Waals surface area contributed by atoms with Gasteiger partial charge < -0.3 is 15.0 Å². The van der Waals surface area contributed by atoms with Crippen LogP contribution in [0, 0.1) is 6.92 Å². The number of rotatable bonds is 3. The maximum Gasteiger partial charge on any atom is 0.416 e. The van der Waals surface area contributed by atoms with Crippen molar-refractivity contribution in [2.75, 3.05) is 23.9 Å². The number of ether oxygens (including phenoxy) is 1. The van der Waals surface area contributed by atoms with Crippen molar-refractivity contribution in [1.82, 2.24) is 9.97 Å². The summed E-state index contributed by atoms with van der Waals surface area (Å²) in [4.78, 5) is 22.3. The van der Waals surface area contributed by atoms with Gasteiger partial charge in [-0.3, -0.25) is 4.79 Å². The molecule has 0 unspecified atom stereocenters. The molecule has 1 aliphatic heterocycles. The molecular weight excluding hydrogens is 397 g/mol. The molecule has 0 aliphatic carbocycles. The van der Waals surface area contributed by atoms with Crippen LogP contribution in [0.3, 0.4) is 0 Å². The Morgan fingerprint density at radius 3 is 2.70 bits per heavy atom. The van der Waals surface area contributed by atoms with Gasteiger partial charge in [0.05, 0.1) is 16.8 Å². The van der Waals surface area contributed by atoms with E-state index in [4.69, 9.17) is 4.74 Å². The average molecular weight is 416 g/mol. The number of hydrogen-bond acceptors (Lipinski definition) is 5. The van der Waals surface area contributed by atoms with Crippen LogP contribution in [0.2, 0.25) is 0 Å². The molecule has 0 bridgehead atoms. The molecule has 30 heavy (non-hydrogen) atoms. The van der Waals surface area contributed by atoms with Gasteiger partial charge in [0.2, 0.25) is 0 Å². The Balaban J connectivity index is 1.75. The van der Waals surface area contributed by atoms with Crippen LogP contribution in [-0.4, -0.2) is 29.5 Å². The van der Waals surface area contributed by atoms with Gasteiger partial charge in [-0.15, -0.1) is 0 Å². The number of carbonyl (C=O) groups is 1. The van der Waals surface area contributed by atoms with Crippen molar-refractivity contribution >= 4 is 28.3 Å². The first kappa shape index (κ1) is 19.9. The molecule has 156 valence electrons. The highest BCUT2D eigenvalue weighted by molar-refractivity contribution is 6.02. The third kappa shape index (κ3) is 3.62. The standard InChI is InChI=1S/C21H19F3N4O2/c1-11(13-5-4-6-14(7-13)21(22,23)24)25-20-15-8-17-18(30-10-19(29)28(17)3)9-16(15)26-12(2)27-20/h4-9,11H,10H2,1-3H3,(H,25,26,27)/t11-/m1/s1. The second-order valence-electron chi connectivity index (χ2n) is 7.19. The highest BCUT2D eigenvalue weighted by Gasteiger charge is 2.31. The van der Waals surface area contributed by atoms with Gasteiger partial charge in [-0.1, -0.05) is 12.1 Å². The van der Waals surface area contributed by atoms with Crippen molar-refractivity contribution in [2.24, 2.45) is 0 Å². The number of benzene rings is 2. The maximum atomic E-state index is 13.1. The van der Waals surface area contributed by atoms with Crippen LogP contribution in [0.4, 0.5) is 24.7 Å².